The van der Waals surface area contributed by atoms with Crippen LogP contribution in [0.4, 0.5) is 0 Å². The van der Waals surface area contributed by atoms with E-state index in [1.54, 1.807) is 19.3 Å². The van der Waals surface area contributed by atoms with Crippen LogP contribution in [0, 0.1) is 6.92 Å². The molecular weight excluding hydrogens is 196 g/mol. The largest absolute Gasteiger partial charge is 0.351 e. The predicted molar refractivity (Wildman–Crippen MR) is 51.0 cm³/mol. The highest BCUT2D eigenvalue weighted by Gasteiger charge is 2.13. The Hall–Kier alpha value is -2.11. The summed E-state index contributed by atoms with van der Waals surface area (Å²) >= 11 is 0. The van der Waals surface area contributed by atoms with E-state index in [2.05, 4.69) is 20.4 Å². The van der Waals surface area contributed by atoms with Crippen molar-refractivity contribution in [3.8, 4) is 0 Å². The summed E-state index contributed by atoms with van der Waals surface area (Å²) in [7, 11) is 0. The molecule has 2 rings (SSSR count). The molecule has 2 aromatic heterocycles. The van der Waals surface area contributed by atoms with E-state index in [0.29, 0.717) is 17.9 Å². The second-order valence-corrected chi connectivity index (χ2v) is 3.06. The number of hydrogen-bond acceptors (Lipinski definition) is 4. The number of imidazole rings is 1. The van der Waals surface area contributed by atoms with E-state index >= 15 is 0 Å². The summed E-state index contributed by atoms with van der Waals surface area (Å²) in [6.07, 6.45) is 4.82. The number of aromatic nitrogens is 3. The Morgan fingerprint density at radius 3 is 3.13 bits per heavy atom. The second-order valence-electron chi connectivity index (χ2n) is 3.06. The van der Waals surface area contributed by atoms with Gasteiger partial charge in [0, 0.05) is 18.0 Å². The summed E-state index contributed by atoms with van der Waals surface area (Å²) < 4.78 is 4.80. The molecule has 0 aliphatic rings. The van der Waals surface area contributed by atoms with Gasteiger partial charge in [-0.3, -0.25) is 4.79 Å². The highest BCUT2D eigenvalue weighted by Crippen LogP contribution is 2.05. The summed E-state index contributed by atoms with van der Waals surface area (Å²) in [5.41, 5.74) is 0.715. The maximum atomic E-state index is 11.5. The minimum atomic E-state index is -0.290. The Morgan fingerprint density at radius 2 is 2.53 bits per heavy atom. The molecule has 2 N–H and O–H groups in total. The molecule has 2 heterocycles. The van der Waals surface area contributed by atoms with Crippen molar-refractivity contribution in [1.82, 2.24) is 20.4 Å². The van der Waals surface area contributed by atoms with Crippen LogP contribution in [0.5, 0.6) is 0 Å². The number of H-pyrrole nitrogens is 1. The first-order chi connectivity index (χ1) is 7.27. The Labute approximate surface area is 85.7 Å². The Balaban J connectivity index is 1.96. The molecular formula is C9H10N4O2. The molecule has 0 fully saturated rings. The van der Waals surface area contributed by atoms with Gasteiger partial charge in [-0.2, -0.15) is 0 Å². The van der Waals surface area contributed by atoms with Crippen molar-refractivity contribution < 1.29 is 9.32 Å². The lowest BCUT2D eigenvalue weighted by Crippen LogP contribution is -2.23. The summed E-state index contributed by atoms with van der Waals surface area (Å²) in [5, 5.41) is 6.19. The van der Waals surface area contributed by atoms with E-state index in [9.17, 15) is 4.79 Å². The fourth-order valence-corrected chi connectivity index (χ4v) is 1.15. The van der Waals surface area contributed by atoms with Crippen molar-refractivity contribution >= 4 is 5.91 Å². The maximum Gasteiger partial charge on any atom is 0.290 e. The number of rotatable bonds is 3. The number of nitrogens with one attached hydrogen (secondary N) is 2. The molecule has 0 aromatic carbocycles. The molecule has 78 valence electrons. The van der Waals surface area contributed by atoms with Gasteiger partial charge in [-0.05, 0) is 6.92 Å². The van der Waals surface area contributed by atoms with Gasteiger partial charge < -0.3 is 14.8 Å². The van der Waals surface area contributed by atoms with Crippen molar-refractivity contribution in [3.05, 3.63) is 35.7 Å². The van der Waals surface area contributed by atoms with E-state index < -0.39 is 0 Å². The molecule has 1 amide bonds. The van der Waals surface area contributed by atoms with E-state index in [1.165, 1.54) is 6.20 Å². The molecule has 6 nitrogen and oxygen atoms in total. The van der Waals surface area contributed by atoms with Crippen molar-refractivity contribution in [3.63, 3.8) is 0 Å². The van der Waals surface area contributed by atoms with Crippen LogP contribution in [-0.2, 0) is 6.54 Å². The molecule has 0 aliphatic carbocycles. The van der Waals surface area contributed by atoms with Gasteiger partial charge >= 0.3 is 0 Å². The van der Waals surface area contributed by atoms with Crippen molar-refractivity contribution in [2.24, 2.45) is 0 Å². The summed E-state index contributed by atoms with van der Waals surface area (Å²) in [5.74, 6) is 0.642. The molecule has 0 saturated carbocycles. The number of nitrogens with zero attached hydrogens (tertiary/aromatic N) is 2. The maximum absolute atomic E-state index is 11.5. The van der Waals surface area contributed by atoms with Crippen LogP contribution < -0.4 is 5.32 Å². The number of carbonyl (C=O) groups is 1. The zero-order chi connectivity index (χ0) is 10.7. The minimum absolute atomic E-state index is 0.238. The molecule has 0 atom stereocenters. The third-order valence-electron chi connectivity index (χ3n) is 1.93. The first kappa shape index (κ1) is 9.45. The van der Waals surface area contributed by atoms with Gasteiger partial charge in [0.25, 0.3) is 5.91 Å². The normalized spacial score (nSPS) is 10.2. The average molecular weight is 206 g/mol. The van der Waals surface area contributed by atoms with Crippen LogP contribution in [0.2, 0.25) is 0 Å². The molecule has 0 saturated heterocycles. The van der Waals surface area contributed by atoms with Gasteiger partial charge in [0.15, 0.2) is 0 Å². The number of carbonyl (C=O) groups excluding carboxylic acids is 1. The van der Waals surface area contributed by atoms with Crippen LogP contribution >= 0.6 is 0 Å². The Morgan fingerprint density at radius 1 is 1.67 bits per heavy atom. The lowest BCUT2D eigenvalue weighted by Gasteiger charge is -1.99. The van der Waals surface area contributed by atoms with Crippen molar-refractivity contribution in [2.75, 3.05) is 0 Å². The summed E-state index contributed by atoms with van der Waals surface area (Å²) in [4.78, 5) is 18.4. The molecule has 0 bridgehead atoms. The quantitative estimate of drug-likeness (QED) is 0.771. The van der Waals surface area contributed by atoms with E-state index in [1.807, 2.05) is 0 Å². The van der Waals surface area contributed by atoms with Gasteiger partial charge in [0.05, 0.1) is 12.7 Å². The monoisotopic (exact) mass is 206 g/mol. The van der Waals surface area contributed by atoms with Crippen LogP contribution in [0.25, 0.3) is 0 Å². The topological polar surface area (TPSA) is 83.8 Å². The number of amides is 1. The van der Waals surface area contributed by atoms with Crippen molar-refractivity contribution in [1.29, 1.82) is 0 Å². The minimum Gasteiger partial charge on any atom is -0.351 e. The highest BCUT2D eigenvalue weighted by molar-refractivity contribution is 5.92. The van der Waals surface area contributed by atoms with Gasteiger partial charge in [0.2, 0.25) is 5.76 Å². The number of aromatic amines is 1. The average Bonchev–Trinajstić information content (AvgIpc) is 2.84. The summed E-state index contributed by atoms with van der Waals surface area (Å²) in [6, 6.07) is 0. The van der Waals surface area contributed by atoms with Crippen LogP contribution in [0.15, 0.2) is 23.1 Å². The van der Waals surface area contributed by atoms with Crippen molar-refractivity contribution in [2.45, 2.75) is 13.5 Å². The van der Waals surface area contributed by atoms with Crippen LogP contribution in [0.1, 0.15) is 21.9 Å². The zero-order valence-corrected chi connectivity index (χ0v) is 8.15. The smallest absolute Gasteiger partial charge is 0.290 e. The third-order valence-corrected chi connectivity index (χ3v) is 1.93. The molecule has 0 radical (unpaired) electrons. The lowest BCUT2D eigenvalue weighted by molar-refractivity contribution is 0.0912. The molecule has 0 spiro atoms. The fourth-order valence-electron chi connectivity index (χ4n) is 1.15. The predicted octanol–water partition coefficient (Wildman–Crippen LogP) is 0.636. The summed E-state index contributed by atoms with van der Waals surface area (Å²) in [6.45, 7) is 2.10. The first-order valence-corrected chi connectivity index (χ1v) is 4.45. The van der Waals surface area contributed by atoms with Crippen LogP contribution in [-0.4, -0.2) is 21.0 Å². The van der Waals surface area contributed by atoms with E-state index in [0.717, 1.165) is 0 Å². The SMILES string of the molecule is Cc1cnoc1C(=O)NCc1ncc[nH]1. The Kier molecular flexibility index (Phi) is 2.49. The zero-order valence-electron chi connectivity index (χ0n) is 8.15. The van der Waals surface area contributed by atoms with Crippen LogP contribution in [0.3, 0.4) is 0 Å². The van der Waals surface area contributed by atoms with Gasteiger partial charge in [-0.25, -0.2) is 4.98 Å². The number of hydrogen-bond donors (Lipinski definition) is 2. The van der Waals surface area contributed by atoms with Gasteiger partial charge in [-0.15, -0.1) is 0 Å². The van der Waals surface area contributed by atoms with Gasteiger partial charge in [-0.1, -0.05) is 5.16 Å². The fraction of sp³-hybridized carbons (Fsp3) is 0.222. The standard InChI is InChI=1S/C9H10N4O2/c1-6-4-13-15-8(6)9(14)12-5-7-10-2-3-11-7/h2-4H,5H2,1H3,(H,10,11)(H,12,14). The number of aryl methyl sites for hydroxylation is 1. The Bertz CT molecular complexity index is 446. The molecule has 0 aliphatic heterocycles. The second kappa shape index (κ2) is 3.95. The van der Waals surface area contributed by atoms with E-state index in [-0.39, 0.29) is 11.7 Å². The lowest BCUT2D eigenvalue weighted by atomic mass is 10.3. The highest BCUT2D eigenvalue weighted by atomic mass is 16.5. The van der Waals surface area contributed by atoms with E-state index in [4.69, 9.17) is 4.52 Å². The molecule has 2 aromatic rings. The third kappa shape index (κ3) is 2.04. The molecule has 15 heavy (non-hydrogen) atoms. The first-order valence-electron chi connectivity index (χ1n) is 4.45. The molecule has 0 unspecified atom stereocenters. The molecule has 6 heteroatoms. The van der Waals surface area contributed by atoms with Gasteiger partial charge in [0.1, 0.15) is 5.82 Å².